The molecule has 2 aromatic rings. The van der Waals surface area contributed by atoms with E-state index >= 15 is 0 Å². The van der Waals surface area contributed by atoms with E-state index in [2.05, 4.69) is 26.2 Å². The van der Waals surface area contributed by atoms with Crippen LogP contribution in [0.15, 0.2) is 41.0 Å². The number of nitrogens with one attached hydrogen (secondary N) is 1. The Morgan fingerprint density at radius 2 is 1.95 bits per heavy atom. The van der Waals surface area contributed by atoms with Crippen LogP contribution in [0.1, 0.15) is 19.4 Å². The topological polar surface area (TPSA) is 34.2 Å². The van der Waals surface area contributed by atoms with E-state index in [4.69, 9.17) is 4.74 Å². The average Bonchev–Trinajstić information content (AvgIpc) is 2.42. The highest BCUT2D eigenvalue weighted by Gasteiger charge is 2.11. The number of ether oxygens (including phenoxy) is 1. The van der Waals surface area contributed by atoms with Crippen molar-refractivity contribution in [2.45, 2.75) is 26.4 Å². The zero-order valence-electron chi connectivity index (χ0n) is 11.4. The molecule has 0 atom stereocenters. The highest BCUT2D eigenvalue weighted by Crippen LogP contribution is 2.25. The maximum absolute atomic E-state index is 14.3. The number of halogens is 2. The van der Waals surface area contributed by atoms with Crippen molar-refractivity contribution in [2.75, 3.05) is 0 Å². The lowest BCUT2D eigenvalue weighted by molar-refractivity contribution is 0.416. The first-order chi connectivity index (χ1) is 9.56. The van der Waals surface area contributed by atoms with Crippen LogP contribution < -0.4 is 10.1 Å². The van der Waals surface area contributed by atoms with Crippen LogP contribution in [0.5, 0.6) is 11.6 Å². The van der Waals surface area contributed by atoms with Gasteiger partial charge in [-0.05, 0) is 30.3 Å². The number of rotatable bonds is 5. The standard InChI is InChI=1S/C15H16BrFN2O/c1-10(2)19-9-11-7-8-18-15(14(11)17)20-13-5-3-12(16)4-6-13/h3-8,10,19H,9H2,1-2H3. The predicted molar refractivity (Wildman–Crippen MR) is 80.4 cm³/mol. The molecule has 0 spiro atoms. The van der Waals surface area contributed by atoms with Crippen LogP contribution in [-0.4, -0.2) is 11.0 Å². The summed E-state index contributed by atoms with van der Waals surface area (Å²) in [5.41, 5.74) is 0.542. The van der Waals surface area contributed by atoms with Crippen molar-refractivity contribution in [3.8, 4) is 11.6 Å². The van der Waals surface area contributed by atoms with Gasteiger partial charge >= 0.3 is 0 Å². The van der Waals surface area contributed by atoms with Gasteiger partial charge in [-0.15, -0.1) is 0 Å². The van der Waals surface area contributed by atoms with E-state index in [1.54, 1.807) is 24.4 Å². The number of aromatic nitrogens is 1. The maximum atomic E-state index is 14.3. The molecule has 0 saturated carbocycles. The van der Waals surface area contributed by atoms with Gasteiger partial charge in [-0.1, -0.05) is 29.8 Å². The lowest BCUT2D eigenvalue weighted by atomic mass is 10.2. The number of pyridine rings is 1. The second kappa shape index (κ2) is 6.81. The van der Waals surface area contributed by atoms with Gasteiger partial charge < -0.3 is 10.1 Å². The Morgan fingerprint density at radius 3 is 2.60 bits per heavy atom. The van der Waals surface area contributed by atoms with Crippen LogP contribution in [0.2, 0.25) is 0 Å². The van der Waals surface area contributed by atoms with E-state index in [0.29, 0.717) is 23.9 Å². The predicted octanol–water partition coefficient (Wildman–Crippen LogP) is 4.27. The Morgan fingerprint density at radius 1 is 1.25 bits per heavy atom. The zero-order chi connectivity index (χ0) is 14.5. The molecular weight excluding hydrogens is 323 g/mol. The van der Waals surface area contributed by atoms with Gasteiger partial charge in [0.1, 0.15) is 5.75 Å². The molecule has 106 valence electrons. The molecule has 1 aromatic carbocycles. The monoisotopic (exact) mass is 338 g/mol. The SMILES string of the molecule is CC(C)NCc1ccnc(Oc2ccc(Br)cc2)c1F. The highest BCUT2D eigenvalue weighted by atomic mass is 79.9. The Balaban J connectivity index is 2.15. The van der Waals surface area contributed by atoms with E-state index in [1.165, 1.54) is 0 Å². The molecule has 3 nitrogen and oxygen atoms in total. The quantitative estimate of drug-likeness (QED) is 0.883. The zero-order valence-corrected chi connectivity index (χ0v) is 12.9. The Kier molecular flexibility index (Phi) is 5.09. The number of hydrogen-bond donors (Lipinski definition) is 1. The number of hydrogen-bond acceptors (Lipinski definition) is 3. The van der Waals surface area contributed by atoms with Crippen LogP contribution in [0.4, 0.5) is 4.39 Å². The van der Waals surface area contributed by atoms with Gasteiger partial charge in [0.2, 0.25) is 0 Å². The van der Waals surface area contributed by atoms with Gasteiger partial charge in [0.05, 0.1) is 0 Å². The maximum Gasteiger partial charge on any atom is 0.256 e. The largest absolute Gasteiger partial charge is 0.436 e. The van der Waals surface area contributed by atoms with Crippen LogP contribution in [0, 0.1) is 5.82 Å². The van der Waals surface area contributed by atoms with Crippen molar-refractivity contribution >= 4 is 15.9 Å². The van der Waals surface area contributed by atoms with Gasteiger partial charge in [0.15, 0.2) is 5.82 Å². The van der Waals surface area contributed by atoms with E-state index in [1.807, 2.05) is 26.0 Å². The minimum atomic E-state index is -0.427. The molecule has 1 heterocycles. The first-order valence-corrected chi connectivity index (χ1v) is 7.15. The summed E-state index contributed by atoms with van der Waals surface area (Å²) in [6, 6.07) is 9.11. The van der Waals surface area contributed by atoms with Gasteiger partial charge in [0, 0.05) is 28.8 Å². The van der Waals surface area contributed by atoms with Gasteiger partial charge in [-0.2, -0.15) is 0 Å². The van der Waals surface area contributed by atoms with E-state index < -0.39 is 5.82 Å². The first kappa shape index (κ1) is 14.9. The smallest absolute Gasteiger partial charge is 0.256 e. The third kappa shape index (κ3) is 4.02. The van der Waals surface area contributed by atoms with Crippen molar-refractivity contribution in [2.24, 2.45) is 0 Å². The van der Waals surface area contributed by atoms with Crippen molar-refractivity contribution in [3.05, 3.63) is 52.4 Å². The molecule has 0 aliphatic heterocycles. The molecule has 5 heteroatoms. The third-order valence-corrected chi connectivity index (χ3v) is 3.19. The lowest BCUT2D eigenvalue weighted by Gasteiger charge is -2.11. The molecule has 0 unspecified atom stereocenters. The van der Waals surface area contributed by atoms with Gasteiger partial charge in [-0.3, -0.25) is 0 Å². The van der Waals surface area contributed by atoms with Crippen LogP contribution in [-0.2, 0) is 6.54 Å². The minimum absolute atomic E-state index is 0.00428. The summed E-state index contributed by atoms with van der Waals surface area (Å²) >= 11 is 3.34. The van der Waals surface area contributed by atoms with Gasteiger partial charge in [0.25, 0.3) is 5.88 Å². The lowest BCUT2D eigenvalue weighted by Crippen LogP contribution is -2.22. The van der Waals surface area contributed by atoms with Crippen LogP contribution >= 0.6 is 15.9 Å². The summed E-state index contributed by atoms with van der Waals surface area (Å²) in [6.45, 7) is 4.47. The molecule has 1 N–H and O–H groups in total. The second-order valence-corrected chi connectivity index (χ2v) is 5.60. The fourth-order valence-corrected chi connectivity index (χ4v) is 1.86. The third-order valence-electron chi connectivity index (χ3n) is 2.67. The summed E-state index contributed by atoms with van der Waals surface area (Å²) in [5.74, 6) is 0.118. The van der Waals surface area contributed by atoms with Crippen molar-refractivity contribution in [1.82, 2.24) is 10.3 Å². The molecule has 2 rings (SSSR count). The fourth-order valence-electron chi connectivity index (χ4n) is 1.60. The summed E-state index contributed by atoms with van der Waals surface area (Å²) in [6.07, 6.45) is 1.55. The molecule has 0 aliphatic rings. The first-order valence-electron chi connectivity index (χ1n) is 6.36. The molecule has 0 radical (unpaired) electrons. The Hall–Kier alpha value is -1.46. The average molecular weight is 339 g/mol. The molecule has 0 fully saturated rings. The fraction of sp³-hybridized carbons (Fsp3) is 0.267. The summed E-state index contributed by atoms with van der Waals surface area (Å²) in [5, 5.41) is 3.17. The molecule has 0 saturated heterocycles. The molecule has 0 aliphatic carbocycles. The van der Waals surface area contributed by atoms with Crippen LogP contribution in [0.3, 0.4) is 0 Å². The molecule has 20 heavy (non-hydrogen) atoms. The minimum Gasteiger partial charge on any atom is -0.436 e. The van der Waals surface area contributed by atoms with E-state index in [0.717, 1.165) is 4.47 Å². The van der Waals surface area contributed by atoms with E-state index in [9.17, 15) is 4.39 Å². The summed E-state index contributed by atoms with van der Waals surface area (Å²) in [7, 11) is 0. The van der Waals surface area contributed by atoms with Crippen molar-refractivity contribution < 1.29 is 9.13 Å². The second-order valence-electron chi connectivity index (χ2n) is 4.68. The number of nitrogens with zero attached hydrogens (tertiary/aromatic N) is 1. The van der Waals surface area contributed by atoms with Gasteiger partial charge in [-0.25, -0.2) is 9.37 Å². The molecule has 0 bridgehead atoms. The van der Waals surface area contributed by atoms with E-state index in [-0.39, 0.29) is 5.88 Å². The summed E-state index contributed by atoms with van der Waals surface area (Å²) < 4.78 is 20.7. The summed E-state index contributed by atoms with van der Waals surface area (Å²) in [4.78, 5) is 3.95. The molecule has 1 aromatic heterocycles. The number of benzene rings is 1. The normalized spacial score (nSPS) is 10.8. The van der Waals surface area contributed by atoms with Crippen LogP contribution in [0.25, 0.3) is 0 Å². The van der Waals surface area contributed by atoms with Crippen molar-refractivity contribution in [1.29, 1.82) is 0 Å². The highest BCUT2D eigenvalue weighted by molar-refractivity contribution is 9.10. The molecular formula is C15H16BrFN2O. The Bertz CT molecular complexity index is 573. The van der Waals surface area contributed by atoms with Crippen molar-refractivity contribution in [3.63, 3.8) is 0 Å². The molecule has 0 amide bonds. The Labute approximate surface area is 126 Å².